The van der Waals surface area contributed by atoms with E-state index in [4.69, 9.17) is 17.3 Å². The van der Waals surface area contributed by atoms with Crippen molar-refractivity contribution in [3.05, 3.63) is 23.0 Å². The molecule has 1 aliphatic rings. The summed E-state index contributed by atoms with van der Waals surface area (Å²) in [5.74, 6) is 0.0567. The van der Waals surface area contributed by atoms with Gasteiger partial charge in [-0.2, -0.15) is 0 Å². The number of carbonyl (C=O) groups is 1. The lowest BCUT2D eigenvalue weighted by Gasteiger charge is -2.25. The Labute approximate surface area is 112 Å². The Morgan fingerprint density at radius 3 is 3.00 bits per heavy atom. The van der Waals surface area contributed by atoms with Crippen molar-refractivity contribution in [1.82, 2.24) is 4.98 Å². The number of aromatic nitrogens is 1. The highest BCUT2D eigenvalue weighted by molar-refractivity contribution is 6.29. The molecular weight excluding hydrogens is 250 g/mol. The summed E-state index contributed by atoms with van der Waals surface area (Å²) in [6.07, 6.45) is 5.33. The van der Waals surface area contributed by atoms with Gasteiger partial charge in [0.1, 0.15) is 5.15 Å². The molecule has 2 rings (SSSR count). The largest absolute Gasteiger partial charge is 0.328 e. The van der Waals surface area contributed by atoms with E-state index in [0.29, 0.717) is 5.15 Å². The Hall–Kier alpha value is -1.13. The van der Waals surface area contributed by atoms with Crippen LogP contribution in [0.15, 0.2) is 12.3 Å². The summed E-state index contributed by atoms with van der Waals surface area (Å²) in [7, 11) is 0. The average Bonchev–Trinajstić information content (AvgIpc) is 2.32. The number of hydrogen-bond acceptors (Lipinski definition) is 3. The molecule has 2 unspecified atom stereocenters. The first-order valence-electron chi connectivity index (χ1n) is 6.25. The van der Waals surface area contributed by atoms with Crippen molar-refractivity contribution in [3.8, 4) is 0 Å². The molecule has 1 fully saturated rings. The number of pyridine rings is 1. The van der Waals surface area contributed by atoms with Crippen molar-refractivity contribution in [3.63, 3.8) is 0 Å². The van der Waals surface area contributed by atoms with E-state index >= 15 is 0 Å². The van der Waals surface area contributed by atoms with Gasteiger partial charge in [-0.15, -0.1) is 0 Å². The van der Waals surface area contributed by atoms with E-state index in [1.807, 2.05) is 6.92 Å². The number of nitrogens with one attached hydrogen (secondary N) is 1. The third kappa shape index (κ3) is 3.21. The number of nitrogens with zero attached hydrogens (tertiary/aromatic N) is 1. The minimum atomic E-state index is 0.0174. The van der Waals surface area contributed by atoms with Gasteiger partial charge in [-0.05, 0) is 37.8 Å². The number of anilines is 1. The third-order valence-corrected chi connectivity index (χ3v) is 3.63. The Kier molecular flexibility index (Phi) is 4.19. The molecule has 4 nitrogen and oxygen atoms in total. The molecule has 1 amide bonds. The third-order valence-electron chi connectivity index (χ3n) is 3.42. The van der Waals surface area contributed by atoms with Gasteiger partial charge in [-0.1, -0.05) is 18.0 Å². The second kappa shape index (κ2) is 5.67. The summed E-state index contributed by atoms with van der Waals surface area (Å²) in [5, 5.41) is 3.35. The van der Waals surface area contributed by atoms with Crippen LogP contribution < -0.4 is 11.1 Å². The Balaban J connectivity index is 2.02. The number of halogens is 1. The molecule has 3 N–H and O–H groups in total. The normalized spacial score (nSPS) is 23.7. The molecule has 0 spiro atoms. The van der Waals surface area contributed by atoms with Crippen LogP contribution in [0, 0.1) is 12.8 Å². The van der Waals surface area contributed by atoms with Gasteiger partial charge in [-0.25, -0.2) is 4.98 Å². The van der Waals surface area contributed by atoms with Crippen LogP contribution in [-0.4, -0.2) is 16.9 Å². The van der Waals surface area contributed by atoms with E-state index in [1.165, 1.54) is 0 Å². The van der Waals surface area contributed by atoms with Gasteiger partial charge in [0, 0.05) is 12.0 Å². The number of amides is 1. The van der Waals surface area contributed by atoms with Gasteiger partial charge in [0.15, 0.2) is 0 Å². The predicted molar refractivity (Wildman–Crippen MR) is 72.5 cm³/mol. The monoisotopic (exact) mass is 267 g/mol. The van der Waals surface area contributed by atoms with E-state index in [-0.39, 0.29) is 17.9 Å². The Bertz CT molecular complexity index is 450. The lowest BCUT2D eigenvalue weighted by Crippen LogP contribution is -2.34. The van der Waals surface area contributed by atoms with Gasteiger partial charge in [0.2, 0.25) is 5.91 Å². The summed E-state index contributed by atoms with van der Waals surface area (Å²) < 4.78 is 0. The van der Waals surface area contributed by atoms with Crippen LogP contribution in [0.5, 0.6) is 0 Å². The SMILES string of the molecule is Cc1cc(Cl)ncc1NC(=O)C1CCCC(N)C1. The highest BCUT2D eigenvalue weighted by Gasteiger charge is 2.25. The summed E-state index contributed by atoms with van der Waals surface area (Å²) in [4.78, 5) is 16.1. The van der Waals surface area contributed by atoms with Gasteiger partial charge in [-0.3, -0.25) is 4.79 Å². The molecule has 1 aromatic heterocycles. The summed E-state index contributed by atoms with van der Waals surface area (Å²) >= 11 is 5.78. The van der Waals surface area contributed by atoms with E-state index in [2.05, 4.69) is 10.3 Å². The number of rotatable bonds is 2. The first-order valence-corrected chi connectivity index (χ1v) is 6.62. The fourth-order valence-electron chi connectivity index (χ4n) is 2.35. The Morgan fingerprint density at radius 1 is 1.56 bits per heavy atom. The van der Waals surface area contributed by atoms with Crippen molar-refractivity contribution in [1.29, 1.82) is 0 Å². The molecule has 0 saturated heterocycles. The summed E-state index contributed by atoms with van der Waals surface area (Å²) in [6.45, 7) is 1.90. The molecule has 5 heteroatoms. The summed E-state index contributed by atoms with van der Waals surface area (Å²) in [5.41, 5.74) is 7.54. The van der Waals surface area contributed by atoms with Crippen LogP contribution in [0.1, 0.15) is 31.2 Å². The van der Waals surface area contributed by atoms with Gasteiger partial charge < -0.3 is 11.1 Å². The van der Waals surface area contributed by atoms with Crippen LogP contribution in [-0.2, 0) is 4.79 Å². The number of hydrogen-bond donors (Lipinski definition) is 2. The van der Waals surface area contributed by atoms with Crippen molar-refractivity contribution in [2.24, 2.45) is 11.7 Å². The number of carbonyl (C=O) groups excluding carboxylic acids is 1. The second-order valence-corrected chi connectivity index (χ2v) is 5.32. The highest BCUT2D eigenvalue weighted by atomic mass is 35.5. The van der Waals surface area contributed by atoms with E-state index in [1.54, 1.807) is 12.3 Å². The summed E-state index contributed by atoms with van der Waals surface area (Å²) in [6, 6.07) is 1.89. The molecular formula is C13H18ClN3O. The molecule has 1 heterocycles. The molecule has 18 heavy (non-hydrogen) atoms. The fourth-order valence-corrected chi connectivity index (χ4v) is 2.57. The standard InChI is InChI=1S/C13H18ClN3O/c1-8-5-12(14)16-7-11(8)17-13(18)9-3-2-4-10(15)6-9/h5,7,9-10H,2-4,6,15H2,1H3,(H,17,18). The minimum absolute atomic E-state index is 0.0174. The van der Waals surface area contributed by atoms with Crippen LogP contribution in [0.25, 0.3) is 0 Å². The highest BCUT2D eigenvalue weighted by Crippen LogP contribution is 2.25. The van der Waals surface area contributed by atoms with Gasteiger partial charge in [0.25, 0.3) is 0 Å². The molecule has 1 saturated carbocycles. The number of nitrogens with two attached hydrogens (primary N) is 1. The fraction of sp³-hybridized carbons (Fsp3) is 0.538. The first kappa shape index (κ1) is 13.3. The second-order valence-electron chi connectivity index (χ2n) is 4.93. The number of aryl methyl sites for hydroxylation is 1. The lowest BCUT2D eigenvalue weighted by atomic mass is 9.85. The Morgan fingerprint density at radius 2 is 2.33 bits per heavy atom. The quantitative estimate of drug-likeness (QED) is 0.809. The van der Waals surface area contributed by atoms with Crippen molar-refractivity contribution < 1.29 is 4.79 Å². The molecule has 1 aliphatic carbocycles. The van der Waals surface area contributed by atoms with Crippen LogP contribution in [0.2, 0.25) is 5.15 Å². The first-order chi connectivity index (χ1) is 8.56. The van der Waals surface area contributed by atoms with E-state index in [0.717, 1.165) is 36.9 Å². The zero-order valence-electron chi connectivity index (χ0n) is 10.4. The van der Waals surface area contributed by atoms with E-state index < -0.39 is 0 Å². The van der Waals surface area contributed by atoms with Crippen LogP contribution in [0.3, 0.4) is 0 Å². The molecule has 98 valence electrons. The topological polar surface area (TPSA) is 68.0 Å². The van der Waals surface area contributed by atoms with Crippen molar-refractivity contribution in [2.75, 3.05) is 5.32 Å². The zero-order chi connectivity index (χ0) is 13.1. The van der Waals surface area contributed by atoms with Crippen LogP contribution in [0.4, 0.5) is 5.69 Å². The maximum Gasteiger partial charge on any atom is 0.227 e. The maximum absolute atomic E-state index is 12.1. The van der Waals surface area contributed by atoms with Crippen molar-refractivity contribution >= 4 is 23.2 Å². The van der Waals surface area contributed by atoms with Crippen LogP contribution >= 0.6 is 11.6 Å². The molecule has 0 aliphatic heterocycles. The molecule has 0 aromatic carbocycles. The molecule has 1 aromatic rings. The average molecular weight is 268 g/mol. The lowest BCUT2D eigenvalue weighted by molar-refractivity contribution is -0.120. The molecule has 0 radical (unpaired) electrons. The predicted octanol–water partition coefficient (Wildman–Crippen LogP) is 2.50. The smallest absolute Gasteiger partial charge is 0.227 e. The zero-order valence-corrected chi connectivity index (χ0v) is 11.2. The van der Waals surface area contributed by atoms with Gasteiger partial charge >= 0.3 is 0 Å². The minimum Gasteiger partial charge on any atom is -0.328 e. The molecule has 0 bridgehead atoms. The van der Waals surface area contributed by atoms with Gasteiger partial charge in [0.05, 0.1) is 11.9 Å². The van der Waals surface area contributed by atoms with Crippen molar-refractivity contribution in [2.45, 2.75) is 38.6 Å². The van der Waals surface area contributed by atoms with E-state index in [9.17, 15) is 4.79 Å². The maximum atomic E-state index is 12.1. The molecule has 2 atom stereocenters.